The van der Waals surface area contributed by atoms with Gasteiger partial charge < -0.3 is 0 Å². The largest absolute Gasteiger partial charge is 0.282 e. The van der Waals surface area contributed by atoms with Crippen molar-refractivity contribution < 1.29 is 0 Å². The number of aromatic nitrogens is 2. The molecule has 19 heavy (non-hydrogen) atoms. The van der Waals surface area contributed by atoms with Crippen molar-refractivity contribution in [3.63, 3.8) is 0 Å². The molecule has 0 aliphatic heterocycles. The lowest BCUT2D eigenvalue weighted by atomic mass is 10.2. The Morgan fingerprint density at radius 2 is 2.16 bits per heavy atom. The first-order chi connectivity index (χ1) is 9.17. The predicted molar refractivity (Wildman–Crippen MR) is 75.9 cm³/mol. The van der Waals surface area contributed by atoms with Crippen molar-refractivity contribution in [3.8, 4) is 6.07 Å². The van der Waals surface area contributed by atoms with E-state index in [0.29, 0.717) is 12.6 Å². The Hall–Kier alpha value is -1.05. The van der Waals surface area contributed by atoms with E-state index in [4.69, 9.17) is 16.9 Å². The van der Waals surface area contributed by atoms with Crippen LogP contribution in [-0.2, 0) is 20.0 Å². The Labute approximate surface area is 120 Å². The predicted octanol–water partition coefficient (Wildman–Crippen LogP) is 2.90. The molecule has 0 amide bonds. The fourth-order valence-corrected chi connectivity index (χ4v) is 3.21. The van der Waals surface area contributed by atoms with Crippen LogP contribution in [0.3, 0.4) is 0 Å². The number of hydrogen-bond acceptors (Lipinski definition) is 3. The van der Waals surface area contributed by atoms with Crippen LogP contribution in [0.2, 0.25) is 5.02 Å². The standard InChI is InChI=1S/C14H21ClN4/c1-3-12-14(15)13(18(2)17-12)10-19(9-8-16)11-6-4-5-7-11/h11H,3-7,9-10H2,1-2H3. The number of aryl methyl sites for hydroxylation is 2. The fourth-order valence-electron chi connectivity index (χ4n) is 2.86. The maximum Gasteiger partial charge on any atom is 0.0871 e. The number of nitriles is 1. The molecule has 1 aromatic heterocycles. The minimum Gasteiger partial charge on any atom is -0.282 e. The molecule has 1 aliphatic rings. The number of rotatable bonds is 5. The Kier molecular flexibility index (Phi) is 4.84. The third kappa shape index (κ3) is 3.10. The van der Waals surface area contributed by atoms with Crippen LogP contribution in [0.1, 0.15) is 44.0 Å². The Morgan fingerprint density at radius 3 is 2.68 bits per heavy atom. The normalized spacial score (nSPS) is 16.2. The summed E-state index contributed by atoms with van der Waals surface area (Å²) >= 11 is 6.39. The third-order valence-corrected chi connectivity index (χ3v) is 4.41. The van der Waals surface area contributed by atoms with E-state index in [2.05, 4.69) is 23.0 Å². The van der Waals surface area contributed by atoms with Crippen molar-refractivity contribution in [3.05, 3.63) is 16.4 Å². The first-order valence-corrected chi connectivity index (χ1v) is 7.36. The summed E-state index contributed by atoms with van der Waals surface area (Å²) in [4.78, 5) is 2.25. The molecule has 1 saturated carbocycles. The smallest absolute Gasteiger partial charge is 0.0871 e. The number of nitrogens with zero attached hydrogens (tertiary/aromatic N) is 4. The van der Waals surface area contributed by atoms with Crippen molar-refractivity contribution in [2.45, 2.75) is 51.6 Å². The van der Waals surface area contributed by atoms with Gasteiger partial charge in [-0.1, -0.05) is 31.4 Å². The van der Waals surface area contributed by atoms with Gasteiger partial charge in [-0.05, 0) is 19.3 Å². The van der Waals surface area contributed by atoms with Crippen LogP contribution in [0.4, 0.5) is 0 Å². The second-order valence-corrected chi connectivity index (χ2v) is 5.56. The summed E-state index contributed by atoms with van der Waals surface area (Å²) in [5.41, 5.74) is 1.98. The van der Waals surface area contributed by atoms with Crippen molar-refractivity contribution in [2.24, 2.45) is 7.05 Å². The van der Waals surface area contributed by atoms with Gasteiger partial charge in [-0.25, -0.2) is 0 Å². The molecule has 0 saturated heterocycles. The van der Waals surface area contributed by atoms with E-state index in [1.54, 1.807) is 0 Å². The lowest BCUT2D eigenvalue weighted by molar-refractivity contribution is 0.209. The van der Waals surface area contributed by atoms with Crippen LogP contribution in [-0.4, -0.2) is 27.3 Å². The van der Waals surface area contributed by atoms with Gasteiger partial charge in [-0.2, -0.15) is 10.4 Å². The molecule has 0 aromatic carbocycles. The summed E-state index contributed by atoms with van der Waals surface area (Å²) in [6.45, 7) is 3.25. The van der Waals surface area contributed by atoms with Gasteiger partial charge >= 0.3 is 0 Å². The zero-order chi connectivity index (χ0) is 13.8. The average molecular weight is 281 g/mol. The molecular weight excluding hydrogens is 260 g/mol. The van der Waals surface area contributed by atoms with E-state index in [1.807, 2.05) is 11.7 Å². The summed E-state index contributed by atoms with van der Waals surface area (Å²) in [7, 11) is 1.93. The maximum atomic E-state index is 9.02. The number of hydrogen-bond donors (Lipinski definition) is 0. The molecule has 0 atom stereocenters. The SMILES string of the molecule is CCc1nn(C)c(CN(CC#N)C2CCCC2)c1Cl. The zero-order valence-corrected chi connectivity index (χ0v) is 12.4. The Bertz CT molecular complexity index is 469. The highest BCUT2D eigenvalue weighted by Gasteiger charge is 2.25. The summed E-state index contributed by atoms with van der Waals surface area (Å²) in [6.07, 6.45) is 5.77. The quantitative estimate of drug-likeness (QED) is 0.779. The minimum atomic E-state index is 0.466. The average Bonchev–Trinajstić information content (AvgIpc) is 3.01. The van der Waals surface area contributed by atoms with E-state index < -0.39 is 0 Å². The fraction of sp³-hybridized carbons (Fsp3) is 0.714. The maximum absolute atomic E-state index is 9.02. The minimum absolute atomic E-state index is 0.466. The van der Waals surface area contributed by atoms with Gasteiger partial charge in [0.2, 0.25) is 0 Å². The lowest BCUT2D eigenvalue weighted by Crippen LogP contribution is -2.33. The molecule has 1 heterocycles. The highest BCUT2D eigenvalue weighted by molar-refractivity contribution is 6.31. The molecule has 1 fully saturated rings. The molecule has 1 aliphatic carbocycles. The van der Waals surface area contributed by atoms with E-state index in [1.165, 1.54) is 25.7 Å². The molecular formula is C14H21ClN4. The molecule has 104 valence electrons. The summed E-state index contributed by atoms with van der Waals surface area (Å²) in [5, 5.41) is 14.2. The van der Waals surface area contributed by atoms with Crippen LogP contribution in [0.15, 0.2) is 0 Å². The third-order valence-electron chi connectivity index (χ3n) is 3.97. The van der Waals surface area contributed by atoms with Crippen molar-refractivity contribution >= 4 is 11.6 Å². The second-order valence-electron chi connectivity index (χ2n) is 5.19. The highest BCUT2D eigenvalue weighted by atomic mass is 35.5. The molecule has 0 bridgehead atoms. The van der Waals surface area contributed by atoms with E-state index in [-0.39, 0.29) is 0 Å². The Balaban J connectivity index is 2.17. The second kappa shape index (κ2) is 6.40. The molecule has 5 heteroatoms. The van der Waals surface area contributed by atoms with E-state index >= 15 is 0 Å². The first kappa shape index (κ1) is 14.4. The summed E-state index contributed by atoms with van der Waals surface area (Å²) < 4.78 is 1.86. The summed E-state index contributed by atoms with van der Waals surface area (Å²) in [5.74, 6) is 0. The van der Waals surface area contributed by atoms with Crippen LogP contribution < -0.4 is 0 Å². The molecule has 0 spiro atoms. The lowest BCUT2D eigenvalue weighted by Gasteiger charge is -2.26. The molecule has 1 aromatic rings. The zero-order valence-electron chi connectivity index (χ0n) is 11.7. The molecule has 2 rings (SSSR count). The monoisotopic (exact) mass is 280 g/mol. The van der Waals surface area contributed by atoms with Crippen LogP contribution in [0.25, 0.3) is 0 Å². The van der Waals surface area contributed by atoms with Crippen molar-refractivity contribution in [2.75, 3.05) is 6.54 Å². The van der Waals surface area contributed by atoms with Gasteiger partial charge in [0.25, 0.3) is 0 Å². The van der Waals surface area contributed by atoms with Gasteiger partial charge in [0.15, 0.2) is 0 Å². The van der Waals surface area contributed by atoms with Gasteiger partial charge in [0, 0.05) is 19.6 Å². The molecule has 4 nitrogen and oxygen atoms in total. The van der Waals surface area contributed by atoms with Crippen LogP contribution in [0.5, 0.6) is 0 Å². The molecule has 0 unspecified atom stereocenters. The van der Waals surface area contributed by atoms with Gasteiger partial charge in [-0.15, -0.1) is 0 Å². The van der Waals surface area contributed by atoms with Crippen LogP contribution >= 0.6 is 11.6 Å². The van der Waals surface area contributed by atoms with E-state index in [9.17, 15) is 0 Å². The topological polar surface area (TPSA) is 44.9 Å². The number of halogens is 1. The first-order valence-electron chi connectivity index (χ1n) is 6.98. The van der Waals surface area contributed by atoms with Gasteiger partial charge in [0.1, 0.15) is 0 Å². The van der Waals surface area contributed by atoms with Gasteiger partial charge in [-0.3, -0.25) is 9.58 Å². The molecule has 0 radical (unpaired) electrons. The van der Waals surface area contributed by atoms with Crippen molar-refractivity contribution in [1.29, 1.82) is 5.26 Å². The summed E-state index contributed by atoms with van der Waals surface area (Å²) in [6, 6.07) is 2.80. The van der Waals surface area contributed by atoms with Crippen molar-refractivity contribution in [1.82, 2.24) is 14.7 Å². The Morgan fingerprint density at radius 1 is 1.47 bits per heavy atom. The highest BCUT2D eigenvalue weighted by Crippen LogP contribution is 2.27. The molecule has 0 N–H and O–H groups in total. The van der Waals surface area contributed by atoms with Crippen LogP contribution in [0, 0.1) is 11.3 Å². The van der Waals surface area contributed by atoms with E-state index in [0.717, 1.165) is 29.4 Å². The van der Waals surface area contributed by atoms with Gasteiger partial charge in [0.05, 0.1) is 29.0 Å².